The summed E-state index contributed by atoms with van der Waals surface area (Å²) in [7, 11) is 2.26. The molecular weight excluding hydrogens is 1070 g/mol. The van der Waals surface area contributed by atoms with Crippen LogP contribution in [0.3, 0.4) is 0 Å². The largest absolute Gasteiger partial charge is 0.345 e. The van der Waals surface area contributed by atoms with Gasteiger partial charge in [0, 0.05) is 51.7 Å². The molecule has 0 amide bonds. The molecule has 0 N–H and O–H groups in total. The maximum Gasteiger partial charge on any atom is 0.0465 e. The molecule has 460 valence electrons. The molecule has 1 atom stereocenters. The Morgan fingerprint density at radius 1 is 0.326 bits per heavy atom. The van der Waals surface area contributed by atoms with E-state index in [4.69, 9.17) is 0 Å². The van der Waals surface area contributed by atoms with Crippen molar-refractivity contribution in [3.8, 4) is 44.5 Å². The monoisotopic (exact) mass is 1170 g/mol. The van der Waals surface area contributed by atoms with E-state index in [2.05, 4.69) is 278 Å². The summed E-state index contributed by atoms with van der Waals surface area (Å²) < 4.78 is 0. The Morgan fingerprint density at radius 2 is 0.663 bits per heavy atom. The molecule has 0 bridgehead atoms. The first-order chi connectivity index (χ1) is 43.5. The number of unbranched alkanes of at least 4 members (excludes halogenated alkanes) is 12. The topological polar surface area (TPSA) is 6.48 Å². The molecule has 0 aromatic heterocycles. The van der Waals surface area contributed by atoms with Gasteiger partial charge in [-0.2, -0.15) is 0 Å². The Kier molecular flexibility index (Phi) is 20.6. The van der Waals surface area contributed by atoms with E-state index in [-0.39, 0.29) is 16.2 Å². The predicted octanol–water partition coefficient (Wildman–Crippen LogP) is 26.0. The van der Waals surface area contributed by atoms with Crippen molar-refractivity contribution in [2.24, 2.45) is 5.92 Å². The van der Waals surface area contributed by atoms with Gasteiger partial charge in [0.05, 0.1) is 0 Å². The number of hydrogen-bond donors (Lipinski definition) is 0. The fourth-order valence-electron chi connectivity index (χ4n) is 16.1. The summed E-state index contributed by atoms with van der Waals surface area (Å²) >= 11 is 0. The summed E-state index contributed by atoms with van der Waals surface area (Å²) in [5.41, 5.74) is 25.5. The molecule has 2 heteroatoms. The third-order valence-electron chi connectivity index (χ3n) is 20.9. The Balaban J connectivity index is 0.920. The van der Waals surface area contributed by atoms with Crippen LogP contribution in [0.2, 0.25) is 0 Å². The Morgan fingerprint density at radius 3 is 1.08 bits per heavy atom. The first-order valence-electron chi connectivity index (χ1n) is 35.1. The fraction of sp³-hybridized carbons (Fsp3) is 0.379. The van der Waals surface area contributed by atoms with Crippen molar-refractivity contribution in [3.63, 3.8) is 0 Å². The highest BCUT2D eigenvalue weighted by molar-refractivity contribution is 5.88. The summed E-state index contributed by atoms with van der Waals surface area (Å²) in [5.74, 6) is 0.567. The Hall–Kier alpha value is -7.42. The molecule has 2 aliphatic rings. The van der Waals surface area contributed by atoms with Crippen molar-refractivity contribution >= 4 is 28.4 Å². The lowest BCUT2D eigenvalue weighted by atomic mass is 9.70. The van der Waals surface area contributed by atoms with Crippen molar-refractivity contribution in [2.75, 3.05) is 16.8 Å². The molecule has 2 nitrogen and oxygen atoms in total. The molecular formula is C87H102N2. The van der Waals surface area contributed by atoms with Gasteiger partial charge in [0.15, 0.2) is 0 Å². The van der Waals surface area contributed by atoms with Crippen molar-refractivity contribution in [2.45, 2.75) is 200 Å². The molecule has 0 saturated heterocycles. The van der Waals surface area contributed by atoms with Crippen molar-refractivity contribution < 1.29 is 0 Å². The number of fused-ring (bicyclic) bond motifs is 6. The molecule has 0 heterocycles. The van der Waals surface area contributed by atoms with E-state index in [1.54, 1.807) is 16.7 Å². The smallest absolute Gasteiger partial charge is 0.0465 e. The number of hydrogen-bond acceptors (Lipinski definition) is 2. The first-order valence-corrected chi connectivity index (χ1v) is 35.1. The lowest BCUT2D eigenvalue weighted by molar-refractivity contribution is 0.401. The van der Waals surface area contributed by atoms with Crippen LogP contribution in [0.4, 0.5) is 28.4 Å². The zero-order valence-electron chi connectivity index (χ0n) is 55.5. The minimum Gasteiger partial charge on any atom is -0.345 e. The van der Waals surface area contributed by atoms with Gasteiger partial charge in [0.2, 0.25) is 0 Å². The van der Waals surface area contributed by atoms with Crippen molar-refractivity contribution in [1.82, 2.24) is 0 Å². The zero-order chi connectivity index (χ0) is 61.8. The summed E-state index contributed by atoms with van der Waals surface area (Å²) in [6.45, 7) is 16.4. The van der Waals surface area contributed by atoms with Crippen LogP contribution in [0.5, 0.6) is 0 Å². The van der Waals surface area contributed by atoms with Crippen LogP contribution in [0.1, 0.15) is 217 Å². The van der Waals surface area contributed by atoms with E-state index >= 15 is 0 Å². The predicted molar refractivity (Wildman–Crippen MR) is 386 cm³/mol. The van der Waals surface area contributed by atoms with E-state index < -0.39 is 0 Å². The summed E-state index contributed by atoms with van der Waals surface area (Å²) in [6.07, 6.45) is 26.4. The summed E-state index contributed by atoms with van der Waals surface area (Å²) in [5, 5.41) is 0. The highest BCUT2D eigenvalue weighted by Gasteiger charge is 2.44. The third-order valence-corrected chi connectivity index (χ3v) is 20.9. The minimum atomic E-state index is -0.0696. The number of anilines is 5. The van der Waals surface area contributed by atoms with Gasteiger partial charge < -0.3 is 9.80 Å². The third kappa shape index (κ3) is 13.3. The van der Waals surface area contributed by atoms with Crippen LogP contribution in [-0.4, -0.2) is 7.05 Å². The van der Waals surface area contributed by atoms with Gasteiger partial charge in [-0.15, -0.1) is 0 Å². The second-order valence-corrected chi connectivity index (χ2v) is 27.4. The second kappa shape index (κ2) is 29.0. The molecule has 2 aliphatic carbocycles. The Labute approximate surface area is 537 Å². The average molecular weight is 1180 g/mol. The minimum absolute atomic E-state index is 0.0142. The van der Waals surface area contributed by atoms with Crippen molar-refractivity contribution in [1.29, 1.82) is 0 Å². The van der Waals surface area contributed by atoms with Gasteiger partial charge in [0.1, 0.15) is 0 Å². The van der Waals surface area contributed by atoms with Gasteiger partial charge in [0.25, 0.3) is 0 Å². The molecule has 0 fully saturated rings. The van der Waals surface area contributed by atoms with Gasteiger partial charge in [-0.3, -0.25) is 0 Å². The van der Waals surface area contributed by atoms with Crippen LogP contribution in [0, 0.1) is 5.92 Å². The van der Waals surface area contributed by atoms with Gasteiger partial charge >= 0.3 is 0 Å². The van der Waals surface area contributed by atoms with Crippen LogP contribution in [-0.2, 0) is 16.2 Å². The van der Waals surface area contributed by atoms with Crippen LogP contribution >= 0.6 is 0 Å². The maximum atomic E-state index is 2.60. The first kappa shape index (κ1) is 63.2. The van der Waals surface area contributed by atoms with E-state index in [9.17, 15) is 0 Å². The van der Waals surface area contributed by atoms with E-state index in [0.717, 1.165) is 17.8 Å². The lowest BCUT2D eigenvalue weighted by Crippen LogP contribution is -2.26. The molecule has 9 aromatic carbocycles. The second-order valence-electron chi connectivity index (χ2n) is 27.4. The number of nitrogens with zero attached hydrogens (tertiary/aromatic N) is 2. The van der Waals surface area contributed by atoms with E-state index in [1.807, 2.05) is 0 Å². The zero-order valence-corrected chi connectivity index (χ0v) is 55.5. The molecule has 0 aliphatic heterocycles. The molecule has 0 spiro atoms. The van der Waals surface area contributed by atoms with Gasteiger partial charge in [-0.25, -0.2) is 0 Å². The average Bonchev–Trinajstić information content (AvgIpc) is 1.60. The molecule has 89 heavy (non-hydrogen) atoms. The molecule has 11 rings (SSSR count). The van der Waals surface area contributed by atoms with Crippen LogP contribution < -0.4 is 9.80 Å². The number of benzene rings is 9. The van der Waals surface area contributed by atoms with Crippen LogP contribution in [0.15, 0.2) is 212 Å². The van der Waals surface area contributed by atoms with Gasteiger partial charge in [-0.1, -0.05) is 303 Å². The van der Waals surface area contributed by atoms with E-state index in [0.29, 0.717) is 5.92 Å². The normalized spacial score (nSPS) is 14.0. The molecule has 0 radical (unpaired) electrons. The SMILES string of the molecule is CCCCCCC1(CCCCCC)c2ccccc2-c2ccc(N(C)c3ccc(-c4ccc(N(c5ccc(-c6ccc(C(C)(CC(C)C)c7ccccc7)cc6)cc5)c5ccc6c(c5)C(CCCCCC)(CCCCCC)c5ccccc5-6)cc4)cc3)cc21. The van der Waals surface area contributed by atoms with E-state index in [1.165, 1.54) is 207 Å². The maximum absolute atomic E-state index is 2.60. The highest BCUT2D eigenvalue weighted by atomic mass is 15.1. The molecule has 0 saturated carbocycles. The quantitative estimate of drug-likeness (QED) is 0.0400. The summed E-state index contributed by atoms with van der Waals surface area (Å²) in [4.78, 5) is 4.93. The molecule has 1 unspecified atom stereocenters. The fourth-order valence-corrected chi connectivity index (χ4v) is 16.1. The molecule has 9 aromatic rings. The van der Waals surface area contributed by atoms with Crippen LogP contribution in [0.25, 0.3) is 44.5 Å². The summed E-state index contributed by atoms with van der Waals surface area (Å²) in [6, 6.07) is 82.2. The Bertz CT molecular complexity index is 3680. The van der Waals surface area contributed by atoms with Crippen molar-refractivity contribution in [3.05, 3.63) is 246 Å². The standard InChI is InChI=1S/C87H102N2/c1-9-13-17-28-58-86(59-29-18-14-10-2)81-36-26-24-34-77(81)79-56-54-75(62-83(79)86)88(8)72-48-40-67(41-49-72)69-44-52-74(53-45-69)89(73-50-42-68(43-51-73)66-38-46-71(47-39-66)85(7,64-65(5)6)70-32-22-21-23-33-70)76-55-57-80-78-35-25-27-37-82(78)87(84(80)63-76,60-30-19-15-11-3)61-31-20-16-12-4/h21-27,32-57,62-63,65H,9-20,28-31,58-61,64H2,1-8H3. The lowest BCUT2D eigenvalue weighted by Gasteiger charge is -2.34. The number of rotatable bonds is 31. The van der Waals surface area contributed by atoms with Gasteiger partial charge in [-0.05, 0) is 177 Å². The highest BCUT2D eigenvalue weighted by Crippen LogP contribution is 2.57.